The Morgan fingerprint density at radius 2 is 2.17 bits per heavy atom. The van der Waals surface area contributed by atoms with Crippen molar-refractivity contribution in [2.24, 2.45) is 0 Å². The summed E-state index contributed by atoms with van der Waals surface area (Å²) in [5, 5.41) is 8.84. The summed E-state index contributed by atoms with van der Waals surface area (Å²) in [6, 6.07) is 4.23. The van der Waals surface area contributed by atoms with Gasteiger partial charge in [-0.2, -0.15) is 0 Å². The van der Waals surface area contributed by atoms with Crippen LogP contribution >= 0.6 is 0 Å². The molecule has 6 heteroatoms. The van der Waals surface area contributed by atoms with Gasteiger partial charge in [0.2, 0.25) is 10.0 Å². The quantitative estimate of drug-likeness (QED) is 0.791. The molecule has 0 aromatic heterocycles. The van der Waals surface area contributed by atoms with Crippen LogP contribution in [-0.4, -0.2) is 25.2 Å². The normalized spacial score (nSPS) is 10.7. The summed E-state index contributed by atoms with van der Waals surface area (Å²) < 4.78 is 25.5. The van der Waals surface area contributed by atoms with Crippen LogP contribution in [0.1, 0.15) is 22.3 Å². The second-order valence-electron chi connectivity index (χ2n) is 3.71. The molecule has 0 radical (unpaired) electrons. The lowest BCUT2D eigenvalue weighted by molar-refractivity contribution is 0.0696. The van der Waals surface area contributed by atoms with Gasteiger partial charge >= 0.3 is 5.97 Å². The van der Waals surface area contributed by atoms with E-state index in [0.717, 1.165) is 0 Å². The fraction of sp³-hybridized carbons (Fsp3) is 0.250. The molecule has 0 atom stereocenters. The molecular weight excluding hydrogens is 254 g/mol. The van der Waals surface area contributed by atoms with Crippen LogP contribution in [0, 0.1) is 19.3 Å². The van der Waals surface area contributed by atoms with Gasteiger partial charge in [-0.1, -0.05) is 0 Å². The minimum Gasteiger partial charge on any atom is -0.478 e. The molecule has 0 fully saturated rings. The van der Waals surface area contributed by atoms with Crippen LogP contribution in [0.25, 0.3) is 0 Å². The van der Waals surface area contributed by atoms with E-state index in [2.05, 4.69) is 10.6 Å². The average molecular weight is 267 g/mol. The SMILES string of the molecule is C#CCCS(=O)(=O)Nc1ccc(C(=O)O)c(C)c1. The van der Waals surface area contributed by atoms with Crippen LogP contribution in [-0.2, 0) is 10.0 Å². The second kappa shape index (κ2) is 5.56. The lowest BCUT2D eigenvalue weighted by Crippen LogP contribution is -2.16. The van der Waals surface area contributed by atoms with Crippen molar-refractivity contribution in [3.63, 3.8) is 0 Å². The van der Waals surface area contributed by atoms with Crippen LogP contribution in [0.2, 0.25) is 0 Å². The average Bonchev–Trinajstić information content (AvgIpc) is 2.25. The highest BCUT2D eigenvalue weighted by molar-refractivity contribution is 7.92. The Balaban J connectivity index is 2.91. The van der Waals surface area contributed by atoms with Gasteiger partial charge in [0.25, 0.3) is 0 Å². The first-order chi connectivity index (χ1) is 8.35. The summed E-state index contributed by atoms with van der Waals surface area (Å²) in [6.07, 6.45) is 5.13. The zero-order chi connectivity index (χ0) is 13.8. The third kappa shape index (κ3) is 3.79. The van der Waals surface area contributed by atoms with E-state index in [-0.39, 0.29) is 17.7 Å². The minimum atomic E-state index is -3.49. The molecule has 0 bridgehead atoms. The van der Waals surface area contributed by atoms with Crippen molar-refractivity contribution in [3.8, 4) is 12.3 Å². The van der Waals surface area contributed by atoms with E-state index >= 15 is 0 Å². The Labute approximate surface area is 106 Å². The molecule has 0 aliphatic rings. The van der Waals surface area contributed by atoms with E-state index in [4.69, 9.17) is 11.5 Å². The van der Waals surface area contributed by atoms with Crippen molar-refractivity contribution in [2.45, 2.75) is 13.3 Å². The van der Waals surface area contributed by atoms with Gasteiger partial charge in [-0.05, 0) is 30.7 Å². The number of aryl methyl sites for hydroxylation is 1. The third-order valence-corrected chi connectivity index (χ3v) is 3.53. The van der Waals surface area contributed by atoms with Gasteiger partial charge in [0, 0.05) is 12.1 Å². The highest BCUT2D eigenvalue weighted by Crippen LogP contribution is 2.16. The zero-order valence-corrected chi connectivity index (χ0v) is 10.6. The minimum absolute atomic E-state index is 0.127. The molecule has 0 unspecified atom stereocenters. The molecule has 0 saturated heterocycles. The Morgan fingerprint density at radius 1 is 1.50 bits per heavy atom. The molecule has 0 aliphatic carbocycles. The summed E-state index contributed by atoms with van der Waals surface area (Å²) in [7, 11) is -3.49. The van der Waals surface area contributed by atoms with E-state index in [1.165, 1.54) is 18.2 Å². The van der Waals surface area contributed by atoms with Crippen molar-refractivity contribution in [3.05, 3.63) is 29.3 Å². The van der Waals surface area contributed by atoms with Crippen LogP contribution < -0.4 is 4.72 Å². The van der Waals surface area contributed by atoms with E-state index in [0.29, 0.717) is 11.3 Å². The van der Waals surface area contributed by atoms with Crippen LogP contribution in [0.3, 0.4) is 0 Å². The standard InChI is InChI=1S/C12H13NO4S/c1-3-4-7-18(16,17)13-10-5-6-11(12(14)15)9(2)8-10/h1,5-6,8,13H,4,7H2,2H3,(H,14,15). The number of carboxylic acids is 1. The van der Waals surface area contributed by atoms with Crippen molar-refractivity contribution < 1.29 is 18.3 Å². The van der Waals surface area contributed by atoms with Gasteiger partial charge in [-0.15, -0.1) is 12.3 Å². The molecule has 0 aliphatic heterocycles. The molecule has 1 aromatic carbocycles. The van der Waals surface area contributed by atoms with E-state index < -0.39 is 16.0 Å². The summed E-state index contributed by atoms with van der Waals surface area (Å²) in [4.78, 5) is 10.8. The zero-order valence-electron chi connectivity index (χ0n) is 9.80. The highest BCUT2D eigenvalue weighted by Gasteiger charge is 2.12. The number of nitrogens with one attached hydrogen (secondary N) is 1. The fourth-order valence-corrected chi connectivity index (χ4v) is 2.37. The van der Waals surface area contributed by atoms with Crippen LogP contribution in [0.5, 0.6) is 0 Å². The maximum atomic E-state index is 11.6. The molecule has 0 saturated carbocycles. The lowest BCUT2D eigenvalue weighted by Gasteiger charge is -2.08. The first-order valence-electron chi connectivity index (χ1n) is 5.13. The van der Waals surface area contributed by atoms with Crippen molar-refractivity contribution in [2.75, 3.05) is 10.5 Å². The summed E-state index contributed by atoms with van der Waals surface area (Å²) in [6.45, 7) is 1.60. The van der Waals surface area contributed by atoms with Crippen molar-refractivity contribution in [1.29, 1.82) is 0 Å². The molecule has 1 aromatic rings. The molecule has 96 valence electrons. The van der Waals surface area contributed by atoms with E-state index in [9.17, 15) is 13.2 Å². The predicted molar refractivity (Wildman–Crippen MR) is 69.0 cm³/mol. The lowest BCUT2D eigenvalue weighted by atomic mass is 10.1. The summed E-state index contributed by atoms with van der Waals surface area (Å²) >= 11 is 0. The summed E-state index contributed by atoms with van der Waals surface area (Å²) in [5.74, 6) is 1.04. The molecule has 5 nitrogen and oxygen atoms in total. The first kappa shape index (κ1) is 14.1. The van der Waals surface area contributed by atoms with Gasteiger partial charge < -0.3 is 5.11 Å². The first-order valence-corrected chi connectivity index (χ1v) is 6.79. The predicted octanol–water partition coefficient (Wildman–Crippen LogP) is 1.46. The number of hydrogen-bond acceptors (Lipinski definition) is 3. The highest BCUT2D eigenvalue weighted by atomic mass is 32.2. The van der Waals surface area contributed by atoms with Crippen molar-refractivity contribution >= 4 is 21.7 Å². The monoisotopic (exact) mass is 267 g/mol. The Morgan fingerprint density at radius 3 is 2.67 bits per heavy atom. The number of carbonyl (C=O) groups is 1. The van der Waals surface area contributed by atoms with Gasteiger partial charge in [0.1, 0.15) is 0 Å². The Kier molecular flexibility index (Phi) is 4.34. The topological polar surface area (TPSA) is 83.5 Å². The van der Waals surface area contributed by atoms with Crippen LogP contribution in [0.15, 0.2) is 18.2 Å². The van der Waals surface area contributed by atoms with Crippen molar-refractivity contribution in [1.82, 2.24) is 0 Å². The van der Waals surface area contributed by atoms with E-state index in [1.807, 2.05) is 0 Å². The van der Waals surface area contributed by atoms with Crippen LogP contribution in [0.4, 0.5) is 5.69 Å². The molecule has 0 heterocycles. The maximum absolute atomic E-state index is 11.6. The number of sulfonamides is 1. The number of aromatic carboxylic acids is 1. The number of carboxylic acid groups (broad SMARTS) is 1. The molecule has 1 rings (SSSR count). The number of benzene rings is 1. The third-order valence-electron chi connectivity index (χ3n) is 2.25. The van der Waals surface area contributed by atoms with Gasteiger partial charge in [0.15, 0.2) is 0 Å². The summed E-state index contributed by atoms with van der Waals surface area (Å²) in [5.41, 5.74) is 0.954. The molecule has 18 heavy (non-hydrogen) atoms. The molecule has 0 spiro atoms. The van der Waals surface area contributed by atoms with Gasteiger partial charge in [0.05, 0.1) is 11.3 Å². The Bertz CT molecular complexity index is 599. The second-order valence-corrected chi connectivity index (χ2v) is 5.55. The number of anilines is 1. The van der Waals surface area contributed by atoms with Gasteiger partial charge in [-0.25, -0.2) is 13.2 Å². The molecule has 0 amide bonds. The number of hydrogen-bond donors (Lipinski definition) is 2. The van der Waals surface area contributed by atoms with Gasteiger partial charge in [-0.3, -0.25) is 4.72 Å². The number of rotatable bonds is 5. The Hall–Kier alpha value is -2.00. The smallest absolute Gasteiger partial charge is 0.335 e. The molecular formula is C12H13NO4S. The fourth-order valence-electron chi connectivity index (χ4n) is 1.39. The largest absolute Gasteiger partial charge is 0.478 e. The number of terminal acetylenes is 1. The van der Waals surface area contributed by atoms with E-state index in [1.54, 1.807) is 6.92 Å². The maximum Gasteiger partial charge on any atom is 0.335 e. The molecule has 2 N–H and O–H groups in total.